The van der Waals surface area contributed by atoms with Crippen LogP contribution in [-0.2, 0) is 4.74 Å². The second-order valence-electron chi connectivity index (χ2n) is 4.28. The van der Waals surface area contributed by atoms with Crippen LogP contribution in [0.4, 0.5) is 0 Å². The number of aliphatic hydroxyl groups is 1. The molecule has 1 saturated heterocycles. The summed E-state index contributed by atoms with van der Waals surface area (Å²) >= 11 is 0. The van der Waals surface area contributed by atoms with Gasteiger partial charge in [0.15, 0.2) is 6.29 Å². The molecule has 0 spiro atoms. The fourth-order valence-electron chi connectivity index (χ4n) is 1.82. The summed E-state index contributed by atoms with van der Waals surface area (Å²) in [5.41, 5.74) is -0.336. The Morgan fingerprint density at radius 1 is 1.35 bits per heavy atom. The van der Waals surface area contributed by atoms with Crippen molar-refractivity contribution in [3.63, 3.8) is 0 Å². The van der Waals surface area contributed by atoms with Gasteiger partial charge in [0, 0.05) is 26.1 Å². The van der Waals surface area contributed by atoms with Gasteiger partial charge in [-0.05, 0) is 12.1 Å². The molecule has 0 aromatic heterocycles. The summed E-state index contributed by atoms with van der Waals surface area (Å²) in [6, 6.07) is 7.00. The van der Waals surface area contributed by atoms with Crippen LogP contribution in [0.3, 0.4) is 0 Å². The number of rotatable bonds is 4. The predicted octanol–water partition coefficient (Wildman–Crippen LogP) is 1.42. The molecule has 1 aromatic carbocycles. The summed E-state index contributed by atoms with van der Waals surface area (Å²) in [5, 5.41) is 10.2. The largest absolute Gasteiger partial charge is 0.490 e. The van der Waals surface area contributed by atoms with Crippen molar-refractivity contribution in [3.05, 3.63) is 29.8 Å². The van der Waals surface area contributed by atoms with Crippen molar-refractivity contribution in [2.75, 3.05) is 19.8 Å². The maximum absolute atomic E-state index is 10.8. The molecule has 0 amide bonds. The molecule has 1 N–H and O–H groups in total. The van der Waals surface area contributed by atoms with E-state index >= 15 is 0 Å². The van der Waals surface area contributed by atoms with Gasteiger partial charge in [-0.15, -0.1) is 0 Å². The molecule has 0 saturated carbocycles. The Bertz CT molecular complexity index is 383. The topological polar surface area (TPSA) is 55.8 Å². The Labute approximate surface area is 100 Å². The van der Waals surface area contributed by atoms with E-state index in [0.717, 1.165) is 6.29 Å². The minimum atomic E-state index is -0.839. The predicted molar refractivity (Wildman–Crippen MR) is 62.3 cm³/mol. The molecule has 0 atom stereocenters. The first kappa shape index (κ1) is 12.1. The molecule has 4 nitrogen and oxygen atoms in total. The lowest BCUT2D eigenvalue weighted by molar-refractivity contribution is -0.0856. The quantitative estimate of drug-likeness (QED) is 0.803. The Morgan fingerprint density at radius 3 is 2.76 bits per heavy atom. The van der Waals surface area contributed by atoms with Crippen molar-refractivity contribution in [2.24, 2.45) is 0 Å². The molecule has 1 aromatic rings. The number of carbonyl (C=O) groups excluding carboxylic acids is 1. The van der Waals surface area contributed by atoms with Gasteiger partial charge in [0.05, 0.1) is 5.56 Å². The second-order valence-corrected chi connectivity index (χ2v) is 4.28. The van der Waals surface area contributed by atoms with Crippen molar-refractivity contribution < 1.29 is 19.4 Å². The molecule has 0 bridgehead atoms. The zero-order valence-corrected chi connectivity index (χ0v) is 9.59. The first-order chi connectivity index (χ1) is 8.23. The molecule has 1 fully saturated rings. The minimum Gasteiger partial charge on any atom is -0.490 e. The molecule has 17 heavy (non-hydrogen) atoms. The van der Waals surface area contributed by atoms with Crippen LogP contribution in [0.5, 0.6) is 5.75 Å². The normalized spacial score (nSPS) is 18.6. The van der Waals surface area contributed by atoms with E-state index in [0.29, 0.717) is 37.4 Å². The van der Waals surface area contributed by atoms with E-state index in [-0.39, 0.29) is 6.61 Å². The zero-order valence-electron chi connectivity index (χ0n) is 9.59. The maximum Gasteiger partial charge on any atom is 0.153 e. The van der Waals surface area contributed by atoms with Crippen LogP contribution < -0.4 is 4.74 Å². The molecule has 1 aliphatic heterocycles. The number of para-hydroxylation sites is 1. The highest BCUT2D eigenvalue weighted by Gasteiger charge is 2.30. The molecular formula is C13H16O4. The standard InChI is InChI=1S/C13H16O4/c14-9-11-3-1-2-4-12(11)17-10-13(15)5-7-16-8-6-13/h1-4,9,15H,5-8,10H2. The molecule has 0 radical (unpaired) electrons. The van der Waals surface area contributed by atoms with Crippen molar-refractivity contribution in [1.82, 2.24) is 0 Å². The molecule has 0 unspecified atom stereocenters. The maximum atomic E-state index is 10.8. The third kappa shape index (κ3) is 3.05. The number of ether oxygens (including phenoxy) is 2. The van der Waals surface area contributed by atoms with Gasteiger partial charge >= 0.3 is 0 Å². The Hall–Kier alpha value is -1.39. The highest BCUT2D eigenvalue weighted by atomic mass is 16.5. The first-order valence-corrected chi connectivity index (χ1v) is 5.71. The smallest absolute Gasteiger partial charge is 0.153 e. The van der Waals surface area contributed by atoms with Gasteiger partial charge in [-0.3, -0.25) is 4.79 Å². The van der Waals surface area contributed by atoms with Gasteiger partial charge in [-0.25, -0.2) is 0 Å². The van der Waals surface area contributed by atoms with Crippen molar-refractivity contribution >= 4 is 6.29 Å². The Morgan fingerprint density at radius 2 is 2.06 bits per heavy atom. The highest BCUT2D eigenvalue weighted by Crippen LogP contribution is 2.23. The van der Waals surface area contributed by atoms with Gasteiger partial charge in [0.2, 0.25) is 0 Å². The van der Waals surface area contributed by atoms with Crippen LogP contribution in [0.1, 0.15) is 23.2 Å². The van der Waals surface area contributed by atoms with Crippen LogP contribution in [0.25, 0.3) is 0 Å². The summed E-state index contributed by atoms with van der Waals surface area (Å²) < 4.78 is 10.7. The van der Waals surface area contributed by atoms with Crippen molar-refractivity contribution in [2.45, 2.75) is 18.4 Å². The van der Waals surface area contributed by atoms with Gasteiger partial charge in [0.1, 0.15) is 18.0 Å². The summed E-state index contributed by atoms with van der Waals surface area (Å²) in [6.07, 6.45) is 1.88. The fourth-order valence-corrected chi connectivity index (χ4v) is 1.82. The van der Waals surface area contributed by atoms with E-state index in [2.05, 4.69) is 0 Å². The summed E-state index contributed by atoms with van der Waals surface area (Å²) in [4.78, 5) is 10.8. The lowest BCUT2D eigenvalue weighted by Crippen LogP contribution is -2.41. The van der Waals surface area contributed by atoms with Crippen LogP contribution in [0.15, 0.2) is 24.3 Å². The second kappa shape index (κ2) is 5.29. The molecular weight excluding hydrogens is 220 g/mol. The third-order valence-corrected chi connectivity index (χ3v) is 2.97. The van der Waals surface area contributed by atoms with Crippen LogP contribution in [0, 0.1) is 0 Å². The van der Waals surface area contributed by atoms with E-state index in [1.807, 2.05) is 0 Å². The average Bonchev–Trinajstić information content (AvgIpc) is 2.38. The number of hydrogen-bond donors (Lipinski definition) is 1. The van der Waals surface area contributed by atoms with Gasteiger partial charge in [-0.1, -0.05) is 12.1 Å². The Balaban J connectivity index is 1.99. The van der Waals surface area contributed by atoms with Crippen molar-refractivity contribution in [3.8, 4) is 5.75 Å². The van der Waals surface area contributed by atoms with E-state index < -0.39 is 5.60 Å². The molecule has 4 heteroatoms. The van der Waals surface area contributed by atoms with Crippen LogP contribution in [0.2, 0.25) is 0 Å². The minimum absolute atomic E-state index is 0.196. The number of aldehydes is 1. The summed E-state index contributed by atoms with van der Waals surface area (Å²) in [6.45, 7) is 1.30. The zero-order chi connectivity index (χ0) is 12.1. The third-order valence-electron chi connectivity index (χ3n) is 2.97. The van der Waals surface area contributed by atoms with E-state index in [1.54, 1.807) is 24.3 Å². The SMILES string of the molecule is O=Cc1ccccc1OCC1(O)CCOCC1. The van der Waals surface area contributed by atoms with Gasteiger partial charge in [-0.2, -0.15) is 0 Å². The van der Waals surface area contributed by atoms with E-state index in [4.69, 9.17) is 9.47 Å². The number of hydrogen-bond acceptors (Lipinski definition) is 4. The first-order valence-electron chi connectivity index (χ1n) is 5.71. The summed E-state index contributed by atoms with van der Waals surface area (Å²) in [5.74, 6) is 0.516. The van der Waals surface area contributed by atoms with Crippen molar-refractivity contribution in [1.29, 1.82) is 0 Å². The van der Waals surface area contributed by atoms with Crippen LogP contribution >= 0.6 is 0 Å². The fraction of sp³-hybridized carbons (Fsp3) is 0.462. The molecule has 0 aliphatic carbocycles. The van der Waals surface area contributed by atoms with E-state index in [1.165, 1.54) is 0 Å². The molecule has 1 aliphatic rings. The monoisotopic (exact) mass is 236 g/mol. The van der Waals surface area contributed by atoms with Crippen LogP contribution in [-0.4, -0.2) is 36.8 Å². The molecule has 92 valence electrons. The lowest BCUT2D eigenvalue weighted by Gasteiger charge is -2.31. The van der Waals surface area contributed by atoms with E-state index in [9.17, 15) is 9.90 Å². The van der Waals surface area contributed by atoms with Gasteiger partial charge in [0.25, 0.3) is 0 Å². The number of carbonyl (C=O) groups is 1. The average molecular weight is 236 g/mol. The molecule has 2 rings (SSSR count). The lowest BCUT2D eigenvalue weighted by atomic mass is 9.96. The highest BCUT2D eigenvalue weighted by molar-refractivity contribution is 5.79. The number of benzene rings is 1. The summed E-state index contributed by atoms with van der Waals surface area (Å²) in [7, 11) is 0. The van der Waals surface area contributed by atoms with Gasteiger partial charge < -0.3 is 14.6 Å². The molecule has 1 heterocycles. The Kier molecular flexibility index (Phi) is 3.76.